The second kappa shape index (κ2) is 9.76. The molecule has 1 aromatic carbocycles. The number of benzene rings is 1. The zero-order chi connectivity index (χ0) is 23.2. The van der Waals surface area contributed by atoms with E-state index in [0.717, 1.165) is 17.4 Å². The number of rotatable bonds is 2. The Bertz CT molecular complexity index is 874. The summed E-state index contributed by atoms with van der Waals surface area (Å²) in [7, 11) is 0. The van der Waals surface area contributed by atoms with Gasteiger partial charge in [0.1, 0.15) is 17.5 Å². The molecule has 0 spiro atoms. The number of guanidine groups is 1. The number of nitrogens with zero attached hydrogens (tertiary/aromatic N) is 2. The van der Waals surface area contributed by atoms with Gasteiger partial charge >= 0.3 is 12.2 Å². The number of aldehydes is 1. The largest absolute Gasteiger partial charge is 0.444 e. The molecule has 1 aliphatic heterocycles. The number of nitrogens with one attached hydrogen (secondary N) is 1. The van der Waals surface area contributed by atoms with Crippen molar-refractivity contribution in [2.45, 2.75) is 59.2 Å². The first kappa shape index (κ1) is 24.1. The topological polar surface area (TPSA) is 97.3 Å². The summed E-state index contributed by atoms with van der Waals surface area (Å²) >= 11 is 0. The van der Waals surface area contributed by atoms with E-state index < -0.39 is 23.4 Å². The number of carbonyl (C=O) groups is 3. The Hall–Kier alpha value is -3.16. The monoisotopic (exact) mass is 429 g/mol. The van der Waals surface area contributed by atoms with Crippen LogP contribution in [0.4, 0.5) is 9.59 Å². The van der Waals surface area contributed by atoms with Gasteiger partial charge in [0.25, 0.3) is 0 Å². The second-order valence-electron chi connectivity index (χ2n) is 9.21. The Labute approximate surface area is 183 Å². The number of carbonyl (C=O) groups excluding carboxylic acids is 3. The fourth-order valence-corrected chi connectivity index (χ4v) is 2.84. The minimum atomic E-state index is -0.794. The summed E-state index contributed by atoms with van der Waals surface area (Å²) in [5.74, 6) is 0.0788. The summed E-state index contributed by atoms with van der Waals surface area (Å²) in [6.45, 7) is 11.4. The molecule has 1 aromatic rings. The standard InChI is InChI=1S/C23H31N3O5/c1-22(2,3)30-20(28)24-19(25-21(29)31-23(4,5)6)26-13-11-18(12-14-26)17-9-7-16(15-27)8-10-17/h7-11,15H,12-14H2,1-6H3,(H,24,25,28,29). The average molecular weight is 430 g/mol. The lowest BCUT2D eigenvalue weighted by molar-refractivity contribution is 0.0555. The van der Waals surface area contributed by atoms with Crippen molar-refractivity contribution in [3.8, 4) is 0 Å². The molecule has 2 rings (SSSR count). The van der Waals surface area contributed by atoms with Gasteiger partial charge in [0.2, 0.25) is 5.96 Å². The highest BCUT2D eigenvalue weighted by molar-refractivity contribution is 5.99. The molecule has 0 radical (unpaired) electrons. The van der Waals surface area contributed by atoms with Gasteiger partial charge < -0.3 is 14.4 Å². The van der Waals surface area contributed by atoms with Crippen LogP contribution >= 0.6 is 0 Å². The molecule has 0 atom stereocenters. The van der Waals surface area contributed by atoms with Crippen LogP contribution in [0.5, 0.6) is 0 Å². The van der Waals surface area contributed by atoms with E-state index in [1.807, 2.05) is 18.2 Å². The first-order valence-electron chi connectivity index (χ1n) is 10.2. The lowest BCUT2D eigenvalue weighted by Gasteiger charge is -2.30. The molecule has 8 heteroatoms. The zero-order valence-corrected chi connectivity index (χ0v) is 19.0. The van der Waals surface area contributed by atoms with E-state index in [1.54, 1.807) is 58.6 Å². The molecule has 1 N–H and O–H groups in total. The summed E-state index contributed by atoms with van der Waals surface area (Å²) in [5, 5.41) is 2.58. The molecule has 0 fully saturated rings. The highest BCUT2D eigenvalue weighted by Crippen LogP contribution is 2.23. The molecule has 0 saturated heterocycles. The van der Waals surface area contributed by atoms with Gasteiger partial charge in [0, 0.05) is 18.7 Å². The van der Waals surface area contributed by atoms with Gasteiger partial charge in [0.05, 0.1) is 0 Å². The second-order valence-corrected chi connectivity index (χ2v) is 9.21. The minimum absolute atomic E-state index is 0.0788. The third kappa shape index (κ3) is 8.24. The Balaban J connectivity index is 2.19. The van der Waals surface area contributed by atoms with Gasteiger partial charge in [-0.3, -0.25) is 10.1 Å². The van der Waals surface area contributed by atoms with Crippen LogP contribution in [0.15, 0.2) is 35.3 Å². The zero-order valence-electron chi connectivity index (χ0n) is 19.0. The minimum Gasteiger partial charge on any atom is -0.444 e. The summed E-state index contributed by atoms with van der Waals surface area (Å²) < 4.78 is 10.6. The molecule has 168 valence electrons. The van der Waals surface area contributed by atoms with Crippen LogP contribution < -0.4 is 5.32 Å². The molecule has 8 nitrogen and oxygen atoms in total. The van der Waals surface area contributed by atoms with Crippen molar-refractivity contribution in [2.75, 3.05) is 13.1 Å². The first-order valence-corrected chi connectivity index (χ1v) is 10.2. The van der Waals surface area contributed by atoms with Crippen LogP contribution in [0.2, 0.25) is 0 Å². The lowest BCUT2D eigenvalue weighted by Crippen LogP contribution is -2.48. The van der Waals surface area contributed by atoms with Crippen molar-refractivity contribution in [3.05, 3.63) is 41.5 Å². The molecule has 0 unspecified atom stereocenters. The van der Waals surface area contributed by atoms with Crippen LogP contribution in [0.1, 0.15) is 63.9 Å². The summed E-state index contributed by atoms with van der Waals surface area (Å²) in [6.07, 6.45) is 1.99. The third-order valence-electron chi connectivity index (χ3n) is 4.13. The number of hydrogen-bond acceptors (Lipinski definition) is 5. The molecule has 0 saturated carbocycles. The van der Waals surface area contributed by atoms with E-state index >= 15 is 0 Å². The molecular formula is C23H31N3O5. The van der Waals surface area contributed by atoms with Gasteiger partial charge in [-0.25, -0.2) is 9.59 Å². The van der Waals surface area contributed by atoms with Gasteiger partial charge in [-0.2, -0.15) is 0 Å². The SMILES string of the molecule is CC(C)(C)OC(=O)N=C(NC(=O)OC(C)(C)C)N1CC=C(c2ccc(C=O)cc2)CC1. The molecule has 0 aromatic heterocycles. The van der Waals surface area contributed by atoms with Crippen LogP contribution in [0, 0.1) is 0 Å². The number of ether oxygens (including phenoxy) is 2. The summed E-state index contributed by atoms with van der Waals surface area (Å²) in [6, 6.07) is 7.35. The Morgan fingerprint density at radius 2 is 1.65 bits per heavy atom. The fraction of sp³-hybridized carbons (Fsp3) is 0.478. The molecule has 0 bridgehead atoms. The predicted molar refractivity (Wildman–Crippen MR) is 119 cm³/mol. The van der Waals surface area contributed by atoms with Crippen LogP contribution in [-0.2, 0) is 9.47 Å². The number of hydrogen-bond donors (Lipinski definition) is 1. The van der Waals surface area contributed by atoms with E-state index in [-0.39, 0.29) is 5.96 Å². The maximum Gasteiger partial charge on any atom is 0.437 e. The lowest BCUT2D eigenvalue weighted by atomic mass is 9.99. The molecule has 1 aliphatic rings. The van der Waals surface area contributed by atoms with Gasteiger partial charge in [0.15, 0.2) is 0 Å². The Kier molecular flexibility index (Phi) is 7.60. The average Bonchev–Trinajstić information content (AvgIpc) is 2.65. The first-order chi connectivity index (χ1) is 14.4. The van der Waals surface area contributed by atoms with Crippen LogP contribution in [0.25, 0.3) is 5.57 Å². The van der Waals surface area contributed by atoms with E-state index in [4.69, 9.17) is 9.47 Å². The van der Waals surface area contributed by atoms with Gasteiger partial charge in [-0.15, -0.1) is 4.99 Å². The molecule has 2 amide bonds. The smallest absolute Gasteiger partial charge is 0.437 e. The van der Waals surface area contributed by atoms with E-state index in [1.165, 1.54) is 0 Å². The summed E-state index contributed by atoms with van der Waals surface area (Å²) in [4.78, 5) is 41.1. The maximum atomic E-state index is 12.3. The van der Waals surface area contributed by atoms with Crippen molar-refractivity contribution in [1.29, 1.82) is 0 Å². The molecule has 31 heavy (non-hydrogen) atoms. The highest BCUT2D eigenvalue weighted by atomic mass is 16.6. The van der Waals surface area contributed by atoms with Crippen molar-refractivity contribution in [2.24, 2.45) is 4.99 Å². The van der Waals surface area contributed by atoms with Gasteiger partial charge in [-0.05, 0) is 59.1 Å². The summed E-state index contributed by atoms with van der Waals surface area (Å²) in [5.41, 5.74) is 1.36. The Morgan fingerprint density at radius 3 is 2.13 bits per heavy atom. The predicted octanol–water partition coefficient (Wildman–Crippen LogP) is 4.40. The van der Waals surface area contributed by atoms with Crippen molar-refractivity contribution in [3.63, 3.8) is 0 Å². The Morgan fingerprint density at radius 1 is 1.03 bits per heavy atom. The van der Waals surface area contributed by atoms with Crippen molar-refractivity contribution >= 4 is 30.0 Å². The van der Waals surface area contributed by atoms with Crippen molar-refractivity contribution in [1.82, 2.24) is 10.2 Å². The fourth-order valence-electron chi connectivity index (χ4n) is 2.84. The molecular weight excluding hydrogens is 398 g/mol. The van der Waals surface area contributed by atoms with Crippen LogP contribution in [0.3, 0.4) is 0 Å². The van der Waals surface area contributed by atoms with E-state index in [9.17, 15) is 14.4 Å². The molecule has 1 heterocycles. The van der Waals surface area contributed by atoms with Crippen LogP contribution in [-0.4, -0.2) is 53.6 Å². The van der Waals surface area contributed by atoms with Gasteiger partial charge in [-0.1, -0.05) is 30.3 Å². The molecule has 0 aliphatic carbocycles. The van der Waals surface area contributed by atoms with E-state index in [0.29, 0.717) is 25.1 Å². The number of aliphatic imine (C=N–C) groups is 1. The highest BCUT2D eigenvalue weighted by Gasteiger charge is 2.24. The normalized spacial score (nSPS) is 15.1. The van der Waals surface area contributed by atoms with Crippen molar-refractivity contribution < 1.29 is 23.9 Å². The third-order valence-corrected chi connectivity index (χ3v) is 4.13. The maximum absolute atomic E-state index is 12.3. The number of amides is 2. The quantitative estimate of drug-likeness (QED) is 0.425. The number of alkyl carbamates (subject to hydrolysis) is 1. The van der Waals surface area contributed by atoms with E-state index in [2.05, 4.69) is 10.3 Å².